The highest BCUT2D eigenvalue weighted by atomic mass is 19.1. The van der Waals surface area contributed by atoms with Crippen LogP contribution in [0.4, 0.5) is 10.2 Å². The Morgan fingerprint density at radius 2 is 2.15 bits per heavy atom. The summed E-state index contributed by atoms with van der Waals surface area (Å²) in [5.41, 5.74) is 8.10. The van der Waals surface area contributed by atoms with Crippen LogP contribution in [-0.4, -0.2) is 11.5 Å². The van der Waals surface area contributed by atoms with Gasteiger partial charge in [-0.05, 0) is 43.1 Å². The maximum Gasteiger partial charge on any atom is 0.130 e. The lowest BCUT2D eigenvalue weighted by Gasteiger charge is -2.20. The molecule has 0 radical (unpaired) electrons. The number of nitrogens with zero attached hydrogens (tertiary/aromatic N) is 1. The Balaban J connectivity index is 2.29. The predicted octanol–water partition coefficient (Wildman–Crippen LogP) is 3.00. The van der Waals surface area contributed by atoms with Gasteiger partial charge < -0.3 is 11.1 Å². The van der Waals surface area contributed by atoms with E-state index in [4.69, 9.17) is 5.73 Å². The number of nitrogens with two attached hydrogens (primary N) is 1. The minimum atomic E-state index is -0.138. The third kappa shape index (κ3) is 3.33. The number of pyridine rings is 1. The van der Waals surface area contributed by atoms with Crippen LogP contribution in [0.5, 0.6) is 0 Å². The van der Waals surface area contributed by atoms with Gasteiger partial charge in [0.25, 0.3) is 0 Å². The summed E-state index contributed by atoms with van der Waals surface area (Å²) in [5, 5.41) is 3.33. The second kappa shape index (κ2) is 6.48. The predicted molar refractivity (Wildman–Crippen MR) is 79.9 cm³/mol. The van der Waals surface area contributed by atoms with Crippen molar-refractivity contribution in [2.45, 2.75) is 26.3 Å². The molecule has 1 heterocycles. The molecule has 0 aliphatic rings. The van der Waals surface area contributed by atoms with E-state index in [-0.39, 0.29) is 11.9 Å². The summed E-state index contributed by atoms with van der Waals surface area (Å²) in [5.74, 6) is 0.350. The minimum Gasteiger partial charge on any atom is -0.384 e. The summed E-state index contributed by atoms with van der Waals surface area (Å²) in [4.78, 5) is 3.98. The number of nitrogens with one attached hydrogen (secondary N) is 1. The zero-order valence-corrected chi connectivity index (χ0v) is 11.9. The van der Waals surface area contributed by atoms with Crippen molar-refractivity contribution in [2.24, 2.45) is 0 Å². The van der Waals surface area contributed by atoms with Crippen LogP contribution < -0.4 is 11.1 Å². The second-order valence-electron chi connectivity index (χ2n) is 4.88. The summed E-state index contributed by atoms with van der Waals surface area (Å²) in [6.45, 7) is 4.58. The summed E-state index contributed by atoms with van der Waals surface area (Å²) in [6.07, 6.45) is 2.36. The van der Waals surface area contributed by atoms with E-state index in [0.717, 1.165) is 12.1 Å². The van der Waals surface area contributed by atoms with Gasteiger partial charge in [0.1, 0.15) is 11.6 Å². The van der Waals surface area contributed by atoms with Crippen LogP contribution in [0.2, 0.25) is 0 Å². The van der Waals surface area contributed by atoms with Crippen molar-refractivity contribution < 1.29 is 4.39 Å². The number of halogens is 1. The van der Waals surface area contributed by atoms with Gasteiger partial charge in [0, 0.05) is 17.8 Å². The average molecular weight is 273 g/mol. The highest BCUT2D eigenvalue weighted by molar-refractivity contribution is 5.34. The first-order chi connectivity index (χ1) is 9.61. The van der Waals surface area contributed by atoms with E-state index in [1.165, 1.54) is 0 Å². The lowest BCUT2D eigenvalue weighted by atomic mass is 9.97. The van der Waals surface area contributed by atoms with Crippen LogP contribution in [0.25, 0.3) is 0 Å². The van der Waals surface area contributed by atoms with Gasteiger partial charge in [-0.2, -0.15) is 0 Å². The summed E-state index contributed by atoms with van der Waals surface area (Å²) in [6, 6.07) is 9.18. The molecule has 1 aromatic carbocycles. The fraction of sp³-hybridized carbons (Fsp3) is 0.312. The molecule has 20 heavy (non-hydrogen) atoms. The molecular formula is C16H20FN3. The monoisotopic (exact) mass is 273 g/mol. The van der Waals surface area contributed by atoms with E-state index in [1.807, 2.05) is 31.2 Å². The summed E-state index contributed by atoms with van der Waals surface area (Å²) in [7, 11) is 0. The molecule has 0 fully saturated rings. The maximum absolute atomic E-state index is 14.3. The highest BCUT2D eigenvalue weighted by Gasteiger charge is 2.16. The van der Waals surface area contributed by atoms with Crippen LogP contribution in [-0.2, 0) is 6.42 Å². The molecule has 1 unspecified atom stereocenters. The van der Waals surface area contributed by atoms with Crippen molar-refractivity contribution >= 4 is 5.82 Å². The van der Waals surface area contributed by atoms with Crippen molar-refractivity contribution in [3.8, 4) is 0 Å². The lowest BCUT2D eigenvalue weighted by molar-refractivity contribution is 0.507. The van der Waals surface area contributed by atoms with E-state index in [1.54, 1.807) is 19.2 Å². The molecule has 0 saturated carbocycles. The molecule has 1 aromatic heterocycles. The molecule has 0 bridgehead atoms. The Bertz CT molecular complexity index is 584. The maximum atomic E-state index is 14.3. The van der Waals surface area contributed by atoms with Gasteiger partial charge in [0.15, 0.2) is 0 Å². The fourth-order valence-corrected chi connectivity index (χ4v) is 2.33. The molecule has 3 nitrogen and oxygen atoms in total. The molecular weight excluding hydrogens is 253 g/mol. The van der Waals surface area contributed by atoms with Crippen molar-refractivity contribution in [3.05, 3.63) is 59.0 Å². The molecule has 0 aliphatic carbocycles. The number of likely N-dealkylation sites (N-methyl/N-ethyl adjacent to an activating group) is 1. The average Bonchev–Trinajstić information content (AvgIpc) is 2.42. The van der Waals surface area contributed by atoms with Gasteiger partial charge in [0.05, 0.1) is 0 Å². The van der Waals surface area contributed by atoms with Gasteiger partial charge in [-0.15, -0.1) is 0 Å². The topological polar surface area (TPSA) is 50.9 Å². The normalized spacial score (nSPS) is 12.3. The molecule has 0 spiro atoms. The number of anilines is 1. The van der Waals surface area contributed by atoms with Crippen molar-refractivity contribution in [1.82, 2.24) is 10.3 Å². The van der Waals surface area contributed by atoms with Crippen molar-refractivity contribution in [3.63, 3.8) is 0 Å². The Hall–Kier alpha value is -1.94. The van der Waals surface area contributed by atoms with Gasteiger partial charge in [0.2, 0.25) is 0 Å². The summed E-state index contributed by atoms with van der Waals surface area (Å²) < 4.78 is 14.3. The fourth-order valence-electron chi connectivity index (χ4n) is 2.33. The van der Waals surface area contributed by atoms with Crippen LogP contribution in [0.15, 0.2) is 36.5 Å². The van der Waals surface area contributed by atoms with Gasteiger partial charge >= 0.3 is 0 Å². The number of hydrogen-bond donors (Lipinski definition) is 2. The zero-order valence-electron chi connectivity index (χ0n) is 11.9. The molecule has 0 saturated heterocycles. The van der Waals surface area contributed by atoms with Gasteiger partial charge in [-0.1, -0.05) is 25.1 Å². The molecule has 0 amide bonds. The lowest BCUT2D eigenvalue weighted by Crippen LogP contribution is -2.24. The number of nitrogen functional groups attached to an aromatic ring is 1. The van der Waals surface area contributed by atoms with E-state index >= 15 is 0 Å². The Morgan fingerprint density at radius 1 is 1.35 bits per heavy atom. The van der Waals surface area contributed by atoms with E-state index in [2.05, 4.69) is 10.3 Å². The Labute approximate surface area is 119 Å². The van der Waals surface area contributed by atoms with Gasteiger partial charge in [-0.3, -0.25) is 0 Å². The SMILES string of the molecule is CCNC(Cc1ccnc(N)c1)c1cccc(C)c1F. The number of hydrogen-bond acceptors (Lipinski definition) is 3. The molecule has 2 rings (SSSR count). The Morgan fingerprint density at radius 3 is 2.85 bits per heavy atom. The molecule has 1 atom stereocenters. The largest absolute Gasteiger partial charge is 0.384 e. The second-order valence-corrected chi connectivity index (χ2v) is 4.88. The first kappa shape index (κ1) is 14.5. The number of benzene rings is 1. The first-order valence-corrected chi connectivity index (χ1v) is 6.80. The molecule has 2 aromatic rings. The smallest absolute Gasteiger partial charge is 0.130 e. The first-order valence-electron chi connectivity index (χ1n) is 6.80. The molecule has 0 aliphatic heterocycles. The molecule has 106 valence electrons. The van der Waals surface area contributed by atoms with E-state index < -0.39 is 0 Å². The number of aromatic nitrogens is 1. The standard InChI is InChI=1S/C16H20FN3/c1-3-19-14(9-12-7-8-20-15(18)10-12)13-6-4-5-11(2)16(13)17/h4-8,10,14,19H,3,9H2,1-2H3,(H2,18,20). The third-order valence-corrected chi connectivity index (χ3v) is 3.33. The van der Waals surface area contributed by atoms with Crippen molar-refractivity contribution in [2.75, 3.05) is 12.3 Å². The van der Waals surface area contributed by atoms with E-state index in [9.17, 15) is 4.39 Å². The van der Waals surface area contributed by atoms with E-state index in [0.29, 0.717) is 23.4 Å². The van der Waals surface area contributed by atoms with Crippen LogP contribution in [0.1, 0.15) is 29.7 Å². The van der Waals surface area contributed by atoms with Crippen LogP contribution in [0.3, 0.4) is 0 Å². The Kier molecular flexibility index (Phi) is 4.69. The number of aryl methyl sites for hydroxylation is 1. The van der Waals surface area contributed by atoms with Crippen molar-refractivity contribution in [1.29, 1.82) is 0 Å². The van der Waals surface area contributed by atoms with Crippen LogP contribution in [0, 0.1) is 12.7 Å². The zero-order chi connectivity index (χ0) is 14.5. The minimum absolute atomic E-state index is 0.0679. The number of rotatable bonds is 5. The quantitative estimate of drug-likeness (QED) is 0.880. The molecule has 4 heteroatoms. The molecule has 3 N–H and O–H groups in total. The van der Waals surface area contributed by atoms with Gasteiger partial charge in [-0.25, -0.2) is 9.37 Å². The summed E-state index contributed by atoms with van der Waals surface area (Å²) >= 11 is 0. The van der Waals surface area contributed by atoms with Crippen LogP contribution >= 0.6 is 0 Å². The highest BCUT2D eigenvalue weighted by Crippen LogP contribution is 2.23. The third-order valence-electron chi connectivity index (χ3n) is 3.33.